The van der Waals surface area contributed by atoms with E-state index in [1.165, 1.54) is 0 Å². The molecule has 0 aromatic heterocycles. The Kier molecular flexibility index (Phi) is 4.55. The molecule has 0 aliphatic rings. The first-order valence-corrected chi connectivity index (χ1v) is 5.46. The molecule has 1 N–H and O–H groups in total. The number of para-hydroxylation sites is 1. The van der Waals surface area contributed by atoms with Gasteiger partial charge >= 0.3 is 0 Å². The molecule has 0 bridgehead atoms. The molecule has 0 fully saturated rings. The molecule has 0 radical (unpaired) electrons. The number of rotatable bonds is 4. The molecule has 0 aliphatic heterocycles. The molecule has 1 aromatic carbocycles. The first-order chi connectivity index (χ1) is 8.06. The molecule has 5 heteroatoms. The van der Waals surface area contributed by atoms with Crippen molar-refractivity contribution in [2.24, 2.45) is 5.11 Å². The fraction of sp³-hybridized carbons (Fsp3) is 0.417. The minimum atomic E-state index is -0.293. The van der Waals surface area contributed by atoms with Gasteiger partial charge in [-0.05, 0) is 29.5 Å². The zero-order valence-electron chi connectivity index (χ0n) is 10.3. The highest BCUT2D eigenvalue weighted by Crippen LogP contribution is 2.27. The molecule has 0 saturated carbocycles. The topological polar surface area (TPSA) is 77.9 Å². The lowest BCUT2D eigenvalue weighted by molar-refractivity contribution is -0.114. The second-order valence-electron chi connectivity index (χ2n) is 4.13. The van der Waals surface area contributed by atoms with Gasteiger partial charge in [0.25, 0.3) is 0 Å². The SMILES string of the molecule is Cc1cccc(C(C)C)c1NC(=O)CN=[N+]=[N-]. The maximum atomic E-state index is 11.5. The Morgan fingerprint density at radius 2 is 2.24 bits per heavy atom. The van der Waals surface area contributed by atoms with Gasteiger partial charge in [-0.2, -0.15) is 0 Å². The fourth-order valence-electron chi connectivity index (χ4n) is 1.62. The first kappa shape index (κ1) is 13.1. The Morgan fingerprint density at radius 3 is 2.82 bits per heavy atom. The monoisotopic (exact) mass is 232 g/mol. The highest BCUT2D eigenvalue weighted by atomic mass is 16.1. The normalized spacial score (nSPS) is 9.88. The zero-order valence-corrected chi connectivity index (χ0v) is 10.3. The number of amides is 1. The van der Waals surface area contributed by atoms with Crippen LogP contribution in [0.1, 0.15) is 30.9 Å². The van der Waals surface area contributed by atoms with Gasteiger partial charge in [-0.25, -0.2) is 0 Å². The van der Waals surface area contributed by atoms with Crippen LogP contribution < -0.4 is 5.32 Å². The summed E-state index contributed by atoms with van der Waals surface area (Å²) >= 11 is 0. The Labute approximate surface area is 100 Å². The van der Waals surface area contributed by atoms with Crippen LogP contribution in [0.2, 0.25) is 0 Å². The molecular weight excluding hydrogens is 216 g/mol. The second kappa shape index (κ2) is 5.92. The van der Waals surface area contributed by atoms with Crippen LogP contribution in [0.15, 0.2) is 23.3 Å². The highest BCUT2D eigenvalue weighted by Gasteiger charge is 2.11. The van der Waals surface area contributed by atoms with Crippen LogP contribution >= 0.6 is 0 Å². The standard InChI is InChI=1S/C12H16N4O/c1-8(2)10-6-4-5-9(3)12(10)15-11(17)7-14-16-13/h4-6,8H,7H2,1-3H3,(H,15,17). The number of azide groups is 1. The van der Waals surface area contributed by atoms with E-state index in [0.717, 1.165) is 16.8 Å². The third-order valence-electron chi connectivity index (χ3n) is 2.47. The molecule has 0 heterocycles. The highest BCUT2D eigenvalue weighted by molar-refractivity contribution is 5.94. The molecule has 1 aromatic rings. The smallest absolute Gasteiger partial charge is 0.230 e. The minimum Gasteiger partial charge on any atom is -0.325 e. The van der Waals surface area contributed by atoms with Crippen molar-refractivity contribution >= 4 is 11.6 Å². The third kappa shape index (κ3) is 3.50. The maximum Gasteiger partial charge on any atom is 0.230 e. The van der Waals surface area contributed by atoms with Crippen LogP contribution in [0.4, 0.5) is 5.69 Å². The summed E-state index contributed by atoms with van der Waals surface area (Å²) in [7, 11) is 0. The Bertz CT molecular complexity index is 462. The third-order valence-corrected chi connectivity index (χ3v) is 2.47. The Morgan fingerprint density at radius 1 is 1.53 bits per heavy atom. The summed E-state index contributed by atoms with van der Waals surface area (Å²) in [5, 5.41) is 6.03. The number of nitrogens with one attached hydrogen (secondary N) is 1. The number of anilines is 1. The van der Waals surface area contributed by atoms with Crippen molar-refractivity contribution in [1.29, 1.82) is 0 Å². The van der Waals surface area contributed by atoms with Gasteiger partial charge in [0.05, 0.1) is 0 Å². The number of carbonyl (C=O) groups excluding carboxylic acids is 1. The molecule has 1 amide bonds. The Balaban J connectivity index is 2.96. The van der Waals surface area contributed by atoms with Crippen LogP contribution in [0, 0.1) is 6.92 Å². The lowest BCUT2D eigenvalue weighted by Gasteiger charge is -2.15. The van der Waals surface area contributed by atoms with Crippen molar-refractivity contribution < 1.29 is 4.79 Å². The summed E-state index contributed by atoms with van der Waals surface area (Å²) in [6.45, 7) is 5.90. The van der Waals surface area contributed by atoms with Crippen LogP contribution in [-0.2, 0) is 4.79 Å². The van der Waals surface area contributed by atoms with Gasteiger partial charge in [-0.1, -0.05) is 37.2 Å². The van der Waals surface area contributed by atoms with E-state index in [-0.39, 0.29) is 12.5 Å². The lowest BCUT2D eigenvalue weighted by atomic mass is 9.98. The molecule has 1 rings (SSSR count). The van der Waals surface area contributed by atoms with E-state index < -0.39 is 0 Å². The number of carbonyl (C=O) groups is 1. The summed E-state index contributed by atoms with van der Waals surface area (Å²) in [6, 6.07) is 5.89. The van der Waals surface area contributed by atoms with Crippen molar-refractivity contribution in [1.82, 2.24) is 0 Å². The van der Waals surface area contributed by atoms with Crippen LogP contribution in [0.5, 0.6) is 0 Å². The second-order valence-corrected chi connectivity index (χ2v) is 4.13. The molecule has 0 spiro atoms. The van der Waals surface area contributed by atoms with Gasteiger partial charge in [-0.15, -0.1) is 0 Å². The molecule has 17 heavy (non-hydrogen) atoms. The molecule has 0 atom stereocenters. The molecule has 5 nitrogen and oxygen atoms in total. The van der Waals surface area contributed by atoms with E-state index in [4.69, 9.17) is 5.53 Å². The zero-order chi connectivity index (χ0) is 12.8. The van der Waals surface area contributed by atoms with E-state index >= 15 is 0 Å². The number of aryl methyl sites for hydroxylation is 1. The minimum absolute atomic E-state index is 0.178. The number of benzene rings is 1. The molecule has 0 saturated heterocycles. The van der Waals surface area contributed by atoms with Crippen LogP contribution in [0.25, 0.3) is 10.4 Å². The number of hydrogen-bond acceptors (Lipinski definition) is 2. The average molecular weight is 232 g/mol. The van der Waals surface area contributed by atoms with Crippen molar-refractivity contribution in [3.05, 3.63) is 39.8 Å². The van der Waals surface area contributed by atoms with Gasteiger partial charge in [0, 0.05) is 10.6 Å². The summed E-state index contributed by atoms with van der Waals surface area (Å²) < 4.78 is 0. The van der Waals surface area contributed by atoms with E-state index in [9.17, 15) is 4.79 Å². The van der Waals surface area contributed by atoms with Gasteiger partial charge in [-0.3, -0.25) is 4.79 Å². The quantitative estimate of drug-likeness (QED) is 0.482. The van der Waals surface area contributed by atoms with Crippen molar-refractivity contribution in [2.75, 3.05) is 11.9 Å². The number of nitrogens with zero attached hydrogens (tertiary/aromatic N) is 3. The first-order valence-electron chi connectivity index (χ1n) is 5.46. The fourth-order valence-corrected chi connectivity index (χ4v) is 1.62. The van der Waals surface area contributed by atoms with E-state index in [2.05, 4.69) is 29.2 Å². The lowest BCUT2D eigenvalue weighted by Crippen LogP contribution is -2.16. The number of hydrogen-bond donors (Lipinski definition) is 1. The van der Waals surface area contributed by atoms with E-state index in [0.29, 0.717) is 5.92 Å². The average Bonchev–Trinajstić information content (AvgIpc) is 2.28. The molecule has 90 valence electrons. The van der Waals surface area contributed by atoms with Crippen molar-refractivity contribution in [3.63, 3.8) is 0 Å². The van der Waals surface area contributed by atoms with Gasteiger partial charge < -0.3 is 5.32 Å². The molecule has 0 aliphatic carbocycles. The summed E-state index contributed by atoms with van der Waals surface area (Å²) in [5.41, 5.74) is 11.1. The summed E-state index contributed by atoms with van der Waals surface area (Å²) in [6.07, 6.45) is 0. The van der Waals surface area contributed by atoms with Crippen LogP contribution in [-0.4, -0.2) is 12.5 Å². The van der Waals surface area contributed by atoms with E-state index in [1.54, 1.807) is 0 Å². The molecular formula is C12H16N4O. The van der Waals surface area contributed by atoms with Crippen molar-refractivity contribution in [3.8, 4) is 0 Å². The summed E-state index contributed by atoms with van der Waals surface area (Å²) in [5.74, 6) is 0.0312. The molecule has 0 unspecified atom stereocenters. The van der Waals surface area contributed by atoms with Crippen LogP contribution in [0.3, 0.4) is 0 Å². The van der Waals surface area contributed by atoms with Gasteiger partial charge in [0.15, 0.2) is 0 Å². The van der Waals surface area contributed by atoms with E-state index in [1.807, 2.05) is 25.1 Å². The van der Waals surface area contributed by atoms with Gasteiger partial charge in [0.1, 0.15) is 6.54 Å². The predicted octanol–water partition coefficient (Wildman–Crippen LogP) is 3.37. The summed E-state index contributed by atoms with van der Waals surface area (Å²) in [4.78, 5) is 14.1. The predicted molar refractivity (Wildman–Crippen MR) is 67.9 cm³/mol. The Hall–Kier alpha value is -2.00. The largest absolute Gasteiger partial charge is 0.325 e. The maximum absolute atomic E-state index is 11.5. The van der Waals surface area contributed by atoms with Gasteiger partial charge in [0.2, 0.25) is 5.91 Å². The van der Waals surface area contributed by atoms with Crippen molar-refractivity contribution in [2.45, 2.75) is 26.7 Å².